The van der Waals surface area contributed by atoms with Crippen molar-refractivity contribution in [3.05, 3.63) is 20.2 Å². The average molecular weight is 328 g/mol. The van der Waals surface area contributed by atoms with Crippen molar-refractivity contribution in [2.45, 2.75) is 0 Å². The minimum absolute atomic E-state index is 0.0103. The zero-order valence-electron chi connectivity index (χ0n) is 7.17. The smallest absolute Gasteiger partial charge is 0.339 e. The fourth-order valence-corrected chi connectivity index (χ4v) is 2.14. The van der Waals surface area contributed by atoms with Crippen molar-refractivity contribution in [1.29, 1.82) is 0 Å². The number of benzene rings is 1. The molecule has 1 rings (SSSR count). The summed E-state index contributed by atoms with van der Waals surface area (Å²) in [4.78, 5) is 10.8. The standard InChI is InChI=1S/C8H7ClINO3/c1-14-7-3(8(12)13)2-4(9)6(11)5(7)10/h2H,11H2,1H3,(H,12,13). The first-order valence-corrected chi connectivity index (χ1v) is 4.99. The number of carbonyl (C=O) groups is 1. The highest BCUT2D eigenvalue weighted by Crippen LogP contribution is 2.35. The number of aromatic carboxylic acids is 1. The van der Waals surface area contributed by atoms with E-state index in [1.165, 1.54) is 13.2 Å². The molecule has 0 saturated heterocycles. The van der Waals surface area contributed by atoms with Crippen LogP contribution in [0.25, 0.3) is 0 Å². The normalized spacial score (nSPS) is 9.93. The van der Waals surface area contributed by atoms with Gasteiger partial charge in [-0.1, -0.05) is 11.6 Å². The van der Waals surface area contributed by atoms with E-state index >= 15 is 0 Å². The van der Waals surface area contributed by atoms with E-state index < -0.39 is 5.97 Å². The summed E-state index contributed by atoms with van der Waals surface area (Å²) < 4.78 is 5.46. The number of hydrogen-bond donors (Lipinski definition) is 2. The van der Waals surface area contributed by atoms with Crippen molar-refractivity contribution in [3.8, 4) is 5.75 Å². The Morgan fingerprint density at radius 1 is 1.71 bits per heavy atom. The molecule has 0 spiro atoms. The number of anilines is 1. The molecule has 0 aliphatic heterocycles. The van der Waals surface area contributed by atoms with E-state index in [9.17, 15) is 4.79 Å². The van der Waals surface area contributed by atoms with Crippen LogP contribution in [0.4, 0.5) is 5.69 Å². The van der Waals surface area contributed by atoms with Gasteiger partial charge in [-0.2, -0.15) is 0 Å². The molecule has 3 N–H and O–H groups in total. The molecule has 0 aliphatic rings. The number of nitrogen functional groups attached to an aromatic ring is 1. The third-order valence-corrected chi connectivity index (χ3v) is 3.03. The van der Waals surface area contributed by atoms with E-state index in [1.54, 1.807) is 0 Å². The molecule has 0 fully saturated rings. The van der Waals surface area contributed by atoms with Gasteiger partial charge < -0.3 is 15.6 Å². The van der Waals surface area contributed by atoms with Gasteiger partial charge in [-0.3, -0.25) is 0 Å². The molecule has 6 heteroatoms. The third-order valence-electron chi connectivity index (χ3n) is 1.64. The minimum Gasteiger partial charge on any atom is -0.495 e. The topological polar surface area (TPSA) is 72.5 Å². The highest BCUT2D eigenvalue weighted by molar-refractivity contribution is 14.1. The van der Waals surface area contributed by atoms with E-state index in [2.05, 4.69) is 0 Å². The number of carboxylic acids is 1. The van der Waals surface area contributed by atoms with Crippen LogP contribution < -0.4 is 10.5 Å². The summed E-state index contributed by atoms with van der Waals surface area (Å²) in [5.74, 6) is -0.860. The molecule has 76 valence electrons. The van der Waals surface area contributed by atoms with E-state index in [0.717, 1.165) is 0 Å². The molecule has 0 radical (unpaired) electrons. The second kappa shape index (κ2) is 4.22. The second-order valence-electron chi connectivity index (χ2n) is 2.47. The van der Waals surface area contributed by atoms with Gasteiger partial charge in [0.05, 0.1) is 21.4 Å². The monoisotopic (exact) mass is 327 g/mol. The lowest BCUT2D eigenvalue weighted by Gasteiger charge is -2.10. The Hall–Kier alpha value is -0.690. The van der Waals surface area contributed by atoms with Gasteiger partial charge in [-0.25, -0.2) is 4.79 Å². The predicted molar refractivity (Wildman–Crippen MR) is 62.1 cm³/mol. The molecule has 0 heterocycles. The molecular formula is C8H7ClINO3. The Morgan fingerprint density at radius 3 is 2.71 bits per heavy atom. The van der Waals surface area contributed by atoms with Gasteiger partial charge in [-0.15, -0.1) is 0 Å². The summed E-state index contributed by atoms with van der Waals surface area (Å²) in [6.45, 7) is 0. The van der Waals surface area contributed by atoms with Gasteiger partial charge in [0.15, 0.2) is 0 Å². The first kappa shape index (κ1) is 11.4. The summed E-state index contributed by atoms with van der Waals surface area (Å²) in [5, 5.41) is 9.07. The van der Waals surface area contributed by atoms with Gasteiger partial charge >= 0.3 is 5.97 Å². The number of carboxylic acid groups (broad SMARTS) is 1. The fraction of sp³-hybridized carbons (Fsp3) is 0.125. The number of nitrogens with two attached hydrogens (primary N) is 1. The van der Waals surface area contributed by atoms with Crippen LogP contribution in [0.3, 0.4) is 0 Å². The van der Waals surface area contributed by atoms with Crippen LogP contribution in [0, 0.1) is 3.57 Å². The van der Waals surface area contributed by atoms with E-state index in [0.29, 0.717) is 9.26 Å². The molecule has 0 atom stereocenters. The summed E-state index contributed by atoms with van der Waals surface area (Å²) in [7, 11) is 1.39. The Morgan fingerprint density at radius 2 is 2.29 bits per heavy atom. The van der Waals surface area contributed by atoms with E-state index in [4.69, 9.17) is 27.2 Å². The third kappa shape index (κ3) is 1.88. The zero-order chi connectivity index (χ0) is 10.9. The molecule has 0 saturated carbocycles. The molecule has 4 nitrogen and oxygen atoms in total. The first-order chi connectivity index (χ1) is 6.49. The molecule has 1 aromatic rings. The summed E-state index contributed by atoms with van der Waals surface area (Å²) in [5.41, 5.74) is 5.95. The lowest BCUT2D eigenvalue weighted by atomic mass is 10.2. The Balaban J connectivity index is 3.51. The van der Waals surface area contributed by atoms with Gasteiger partial charge in [0.25, 0.3) is 0 Å². The van der Waals surface area contributed by atoms with Crippen molar-refractivity contribution in [2.75, 3.05) is 12.8 Å². The van der Waals surface area contributed by atoms with Gasteiger partial charge in [0.2, 0.25) is 0 Å². The van der Waals surface area contributed by atoms with Crippen LogP contribution in [0.5, 0.6) is 5.75 Å². The quantitative estimate of drug-likeness (QED) is 0.645. The molecule has 0 unspecified atom stereocenters. The average Bonchev–Trinajstić information content (AvgIpc) is 2.13. The van der Waals surface area contributed by atoms with Gasteiger partial charge in [-0.05, 0) is 28.7 Å². The zero-order valence-corrected chi connectivity index (χ0v) is 10.1. The summed E-state index contributed by atoms with van der Waals surface area (Å²) in [6.07, 6.45) is 0. The number of methoxy groups -OCH3 is 1. The van der Waals surface area contributed by atoms with Gasteiger partial charge in [0, 0.05) is 0 Å². The molecule has 1 aromatic carbocycles. The maximum atomic E-state index is 10.8. The van der Waals surface area contributed by atoms with E-state index in [1.807, 2.05) is 22.6 Å². The fourth-order valence-electron chi connectivity index (χ4n) is 0.974. The van der Waals surface area contributed by atoms with Crippen molar-refractivity contribution in [1.82, 2.24) is 0 Å². The molecule has 0 bridgehead atoms. The van der Waals surface area contributed by atoms with Crippen LogP contribution in [-0.2, 0) is 0 Å². The summed E-state index contributed by atoms with van der Waals surface area (Å²) in [6, 6.07) is 1.28. The Labute approximate surface area is 99.1 Å². The highest BCUT2D eigenvalue weighted by Gasteiger charge is 2.18. The maximum absolute atomic E-state index is 10.8. The van der Waals surface area contributed by atoms with Crippen LogP contribution >= 0.6 is 34.2 Å². The maximum Gasteiger partial charge on any atom is 0.339 e. The Bertz CT molecular complexity index is 395. The van der Waals surface area contributed by atoms with Crippen LogP contribution in [0.2, 0.25) is 5.02 Å². The SMILES string of the molecule is COc1c(C(=O)O)cc(Cl)c(N)c1I. The number of rotatable bonds is 2. The van der Waals surface area contributed by atoms with Gasteiger partial charge in [0.1, 0.15) is 11.3 Å². The lowest BCUT2D eigenvalue weighted by molar-refractivity contribution is 0.0693. The van der Waals surface area contributed by atoms with Crippen molar-refractivity contribution in [3.63, 3.8) is 0 Å². The van der Waals surface area contributed by atoms with E-state index in [-0.39, 0.29) is 16.3 Å². The lowest BCUT2D eigenvalue weighted by Crippen LogP contribution is -2.04. The summed E-state index contributed by atoms with van der Waals surface area (Å²) >= 11 is 7.64. The predicted octanol–water partition coefficient (Wildman–Crippen LogP) is 2.23. The minimum atomic E-state index is -1.10. The second-order valence-corrected chi connectivity index (χ2v) is 3.96. The molecule has 0 aromatic heterocycles. The highest BCUT2D eigenvalue weighted by atomic mass is 127. The Kier molecular flexibility index (Phi) is 3.43. The number of hydrogen-bond acceptors (Lipinski definition) is 3. The van der Waals surface area contributed by atoms with Crippen LogP contribution in [0.15, 0.2) is 6.07 Å². The largest absolute Gasteiger partial charge is 0.495 e. The molecule has 0 aliphatic carbocycles. The van der Waals surface area contributed by atoms with Crippen LogP contribution in [-0.4, -0.2) is 18.2 Å². The van der Waals surface area contributed by atoms with Crippen molar-refractivity contribution in [2.24, 2.45) is 0 Å². The molecule has 0 amide bonds. The number of halogens is 2. The molecule has 14 heavy (non-hydrogen) atoms. The van der Waals surface area contributed by atoms with Crippen LogP contribution in [0.1, 0.15) is 10.4 Å². The number of ether oxygens (including phenoxy) is 1. The van der Waals surface area contributed by atoms with Crippen molar-refractivity contribution >= 4 is 45.8 Å². The first-order valence-electron chi connectivity index (χ1n) is 3.53. The molecular weight excluding hydrogens is 320 g/mol. The van der Waals surface area contributed by atoms with Crippen molar-refractivity contribution < 1.29 is 14.6 Å².